The van der Waals surface area contributed by atoms with E-state index in [2.05, 4.69) is 15.3 Å². The summed E-state index contributed by atoms with van der Waals surface area (Å²) in [5.74, 6) is 0. The van der Waals surface area contributed by atoms with Crippen molar-refractivity contribution in [1.29, 1.82) is 0 Å². The van der Waals surface area contributed by atoms with Crippen molar-refractivity contribution in [2.45, 2.75) is 6.18 Å². The predicted molar refractivity (Wildman–Crippen MR) is 108 cm³/mol. The van der Waals surface area contributed by atoms with Crippen LogP contribution in [-0.2, 0) is 6.18 Å². The van der Waals surface area contributed by atoms with Gasteiger partial charge in [-0.05, 0) is 36.4 Å². The Morgan fingerprint density at radius 2 is 1.86 bits per heavy atom. The van der Waals surface area contributed by atoms with Gasteiger partial charge in [-0.3, -0.25) is 14.3 Å². The van der Waals surface area contributed by atoms with Crippen molar-refractivity contribution in [2.75, 3.05) is 12.4 Å². The van der Waals surface area contributed by atoms with Crippen molar-refractivity contribution in [3.8, 4) is 16.1 Å². The Kier molecular flexibility index (Phi) is 4.79. The third-order valence-corrected chi connectivity index (χ3v) is 5.37. The monoisotopic (exact) mass is 436 g/mol. The molecule has 0 aliphatic heterocycles. The summed E-state index contributed by atoms with van der Waals surface area (Å²) in [6.45, 7) is 0. The first-order valence-electron chi connectivity index (χ1n) is 8.31. The molecule has 148 valence electrons. The van der Waals surface area contributed by atoms with Gasteiger partial charge in [-0.25, -0.2) is 4.98 Å². The SMILES string of the molecule is CNc1c(-c2cncs2)c(=O)n(-c2ccc(Cl)cc2)c2nc(C(F)(F)F)ccc12. The zero-order valence-electron chi connectivity index (χ0n) is 14.8. The van der Waals surface area contributed by atoms with E-state index in [-0.39, 0.29) is 5.65 Å². The van der Waals surface area contributed by atoms with Gasteiger partial charge in [0, 0.05) is 23.7 Å². The van der Waals surface area contributed by atoms with Gasteiger partial charge in [0.05, 0.1) is 27.3 Å². The first-order valence-corrected chi connectivity index (χ1v) is 9.56. The number of alkyl halides is 3. The summed E-state index contributed by atoms with van der Waals surface area (Å²) in [5.41, 5.74) is 0.921. The molecule has 29 heavy (non-hydrogen) atoms. The van der Waals surface area contributed by atoms with E-state index >= 15 is 0 Å². The van der Waals surface area contributed by atoms with Crippen LogP contribution in [0.4, 0.5) is 18.9 Å². The highest BCUT2D eigenvalue weighted by atomic mass is 35.5. The molecule has 0 atom stereocenters. The van der Waals surface area contributed by atoms with E-state index in [0.717, 1.165) is 10.6 Å². The van der Waals surface area contributed by atoms with E-state index < -0.39 is 17.4 Å². The Hall–Kier alpha value is -2.91. The highest BCUT2D eigenvalue weighted by Crippen LogP contribution is 2.36. The van der Waals surface area contributed by atoms with Crippen LogP contribution in [0.15, 0.2) is 52.9 Å². The molecule has 10 heteroatoms. The maximum atomic E-state index is 13.5. The minimum atomic E-state index is -4.65. The summed E-state index contributed by atoms with van der Waals surface area (Å²) < 4.78 is 41.1. The molecule has 0 fully saturated rings. The molecule has 0 amide bonds. The number of rotatable bonds is 3. The Morgan fingerprint density at radius 1 is 1.14 bits per heavy atom. The zero-order valence-corrected chi connectivity index (χ0v) is 16.4. The van der Waals surface area contributed by atoms with Crippen LogP contribution >= 0.6 is 22.9 Å². The standard InChI is InChI=1S/C19H12ClF3N4OS/c1-24-16-12-6-7-14(19(21,22)23)26-17(12)27(11-4-2-10(20)3-5-11)18(28)15(16)13-8-25-9-29-13/h2-9,24H,1H3. The summed E-state index contributed by atoms with van der Waals surface area (Å²) in [7, 11) is 1.60. The molecule has 3 aromatic heterocycles. The minimum absolute atomic E-state index is 0.107. The largest absolute Gasteiger partial charge is 0.433 e. The number of hydrogen-bond donors (Lipinski definition) is 1. The van der Waals surface area contributed by atoms with Crippen molar-refractivity contribution in [3.05, 3.63) is 69.2 Å². The van der Waals surface area contributed by atoms with Crippen LogP contribution < -0.4 is 10.9 Å². The molecule has 3 heterocycles. The number of thiazole rings is 1. The van der Waals surface area contributed by atoms with Gasteiger partial charge in [0.15, 0.2) is 0 Å². The maximum absolute atomic E-state index is 13.5. The number of nitrogens with zero attached hydrogens (tertiary/aromatic N) is 3. The Labute approximate surface area is 171 Å². The van der Waals surface area contributed by atoms with Gasteiger partial charge < -0.3 is 5.32 Å². The molecular formula is C19H12ClF3N4OS. The van der Waals surface area contributed by atoms with Crippen LogP contribution in [-0.4, -0.2) is 21.6 Å². The number of hydrogen-bond acceptors (Lipinski definition) is 5. The number of halogens is 4. The quantitative estimate of drug-likeness (QED) is 0.478. The summed E-state index contributed by atoms with van der Waals surface area (Å²) in [6.07, 6.45) is -3.11. The van der Waals surface area contributed by atoms with Crippen LogP contribution in [0.1, 0.15) is 5.69 Å². The van der Waals surface area contributed by atoms with E-state index in [1.165, 1.54) is 23.6 Å². The fourth-order valence-corrected chi connectivity index (χ4v) is 3.87. The zero-order chi connectivity index (χ0) is 20.8. The molecule has 0 aliphatic rings. The van der Waals surface area contributed by atoms with Crippen LogP contribution in [0.5, 0.6) is 0 Å². The topological polar surface area (TPSA) is 59.8 Å². The summed E-state index contributed by atoms with van der Waals surface area (Å²) in [5, 5.41) is 3.75. The molecule has 0 aliphatic carbocycles. The third-order valence-electron chi connectivity index (χ3n) is 4.33. The first-order chi connectivity index (χ1) is 13.8. The molecule has 0 spiro atoms. The summed E-state index contributed by atoms with van der Waals surface area (Å²) in [4.78, 5) is 21.8. The Balaban J connectivity index is 2.18. The lowest BCUT2D eigenvalue weighted by Crippen LogP contribution is -2.23. The normalized spacial score (nSPS) is 11.8. The van der Waals surface area contributed by atoms with Crippen LogP contribution in [0.3, 0.4) is 0 Å². The molecule has 0 unspecified atom stereocenters. The van der Waals surface area contributed by atoms with Gasteiger partial charge in [0.25, 0.3) is 5.56 Å². The minimum Gasteiger partial charge on any atom is -0.387 e. The van der Waals surface area contributed by atoms with Gasteiger partial charge in [-0.1, -0.05) is 11.6 Å². The lowest BCUT2D eigenvalue weighted by atomic mass is 10.1. The van der Waals surface area contributed by atoms with Crippen molar-refractivity contribution < 1.29 is 13.2 Å². The average molecular weight is 437 g/mol. The van der Waals surface area contributed by atoms with Crippen LogP contribution in [0, 0.1) is 0 Å². The van der Waals surface area contributed by atoms with Gasteiger partial charge >= 0.3 is 6.18 Å². The van der Waals surface area contributed by atoms with Crippen molar-refractivity contribution in [3.63, 3.8) is 0 Å². The first kappa shape index (κ1) is 19.4. The number of anilines is 1. The molecular weight excluding hydrogens is 425 g/mol. The second kappa shape index (κ2) is 7.16. The van der Waals surface area contributed by atoms with Gasteiger partial charge in [-0.15, -0.1) is 11.3 Å². The highest BCUT2D eigenvalue weighted by molar-refractivity contribution is 7.13. The summed E-state index contributed by atoms with van der Waals surface area (Å²) in [6, 6.07) is 8.44. The van der Waals surface area contributed by atoms with Crippen molar-refractivity contribution >= 4 is 39.7 Å². The lowest BCUT2D eigenvalue weighted by molar-refractivity contribution is -0.141. The fraction of sp³-hybridized carbons (Fsp3) is 0.105. The van der Waals surface area contributed by atoms with Gasteiger partial charge in [0.1, 0.15) is 11.3 Å². The van der Waals surface area contributed by atoms with Crippen LogP contribution in [0.2, 0.25) is 5.02 Å². The third kappa shape index (κ3) is 3.36. The number of benzene rings is 1. The molecule has 0 saturated heterocycles. The average Bonchev–Trinajstić information content (AvgIpc) is 3.21. The van der Waals surface area contributed by atoms with Crippen molar-refractivity contribution in [1.82, 2.24) is 14.5 Å². The predicted octanol–water partition coefficient (Wildman–Crippen LogP) is 5.22. The number of aromatic nitrogens is 3. The second-order valence-corrected chi connectivity index (χ2v) is 7.37. The maximum Gasteiger partial charge on any atom is 0.433 e. The van der Waals surface area contributed by atoms with Gasteiger partial charge in [0.2, 0.25) is 0 Å². The molecule has 0 saturated carbocycles. The molecule has 5 nitrogen and oxygen atoms in total. The summed E-state index contributed by atoms with van der Waals surface area (Å²) >= 11 is 7.19. The Morgan fingerprint density at radius 3 is 2.45 bits per heavy atom. The van der Waals surface area contributed by atoms with E-state index in [1.807, 2.05) is 0 Å². The Bertz CT molecular complexity index is 1250. The molecule has 1 aromatic carbocycles. The smallest absolute Gasteiger partial charge is 0.387 e. The molecule has 0 bridgehead atoms. The van der Waals surface area contributed by atoms with E-state index in [1.54, 1.807) is 36.8 Å². The van der Waals surface area contributed by atoms with E-state index in [0.29, 0.717) is 32.2 Å². The molecule has 4 aromatic rings. The van der Waals surface area contributed by atoms with Gasteiger partial charge in [-0.2, -0.15) is 13.2 Å². The highest BCUT2D eigenvalue weighted by Gasteiger charge is 2.33. The fourth-order valence-electron chi connectivity index (χ4n) is 3.08. The van der Waals surface area contributed by atoms with E-state index in [4.69, 9.17) is 11.6 Å². The van der Waals surface area contributed by atoms with Crippen molar-refractivity contribution in [2.24, 2.45) is 0 Å². The molecule has 1 N–H and O–H groups in total. The van der Waals surface area contributed by atoms with Crippen LogP contribution in [0.25, 0.3) is 27.2 Å². The number of nitrogens with one attached hydrogen (secondary N) is 1. The molecule has 0 radical (unpaired) electrons. The number of pyridine rings is 2. The van der Waals surface area contributed by atoms with E-state index in [9.17, 15) is 18.0 Å². The number of fused-ring (bicyclic) bond motifs is 1. The molecule has 4 rings (SSSR count). The second-order valence-electron chi connectivity index (χ2n) is 6.05. The lowest BCUT2D eigenvalue weighted by Gasteiger charge is -2.18.